The van der Waals surface area contributed by atoms with Crippen LogP contribution in [0.1, 0.15) is 18.7 Å². The Balaban J connectivity index is 2.42. The molecule has 3 nitrogen and oxygen atoms in total. The first kappa shape index (κ1) is 14.1. The van der Waals surface area contributed by atoms with Crippen molar-refractivity contribution in [3.05, 3.63) is 47.3 Å². The molecule has 0 saturated heterocycles. The highest BCUT2D eigenvalue weighted by Crippen LogP contribution is 2.28. The van der Waals surface area contributed by atoms with E-state index in [0.29, 0.717) is 16.4 Å². The SMILES string of the molecule is CCc1ccc(S(=O)(=O)N(CC)c2ccccc2)s1. The number of anilines is 1. The number of hydrogen-bond acceptors (Lipinski definition) is 3. The van der Waals surface area contributed by atoms with E-state index in [1.807, 2.05) is 50.2 Å². The normalized spacial score (nSPS) is 11.5. The van der Waals surface area contributed by atoms with Crippen LogP contribution in [-0.4, -0.2) is 15.0 Å². The maximum absolute atomic E-state index is 12.6. The molecule has 1 heterocycles. The molecule has 2 aromatic rings. The van der Waals surface area contributed by atoms with Gasteiger partial charge in [0, 0.05) is 11.4 Å². The predicted molar refractivity (Wildman–Crippen MR) is 80.3 cm³/mol. The molecule has 0 aliphatic rings. The topological polar surface area (TPSA) is 37.4 Å². The van der Waals surface area contributed by atoms with Crippen molar-refractivity contribution in [2.24, 2.45) is 0 Å². The van der Waals surface area contributed by atoms with E-state index >= 15 is 0 Å². The van der Waals surface area contributed by atoms with E-state index in [0.717, 1.165) is 11.3 Å². The van der Waals surface area contributed by atoms with Crippen LogP contribution >= 0.6 is 11.3 Å². The number of hydrogen-bond donors (Lipinski definition) is 0. The molecule has 0 amide bonds. The molecule has 0 atom stereocenters. The zero-order valence-corrected chi connectivity index (χ0v) is 12.7. The molecule has 0 saturated carbocycles. The van der Waals surface area contributed by atoms with Crippen molar-refractivity contribution in [3.63, 3.8) is 0 Å². The highest BCUT2D eigenvalue weighted by Gasteiger charge is 2.24. The molecule has 0 aliphatic carbocycles. The number of aryl methyl sites for hydroxylation is 1. The molecule has 1 aromatic carbocycles. The second-order valence-electron chi connectivity index (χ2n) is 4.08. The summed E-state index contributed by atoms with van der Waals surface area (Å²) in [6.45, 7) is 4.29. The van der Waals surface area contributed by atoms with Gasteiger partial charge in [0.15, 0.2) is 0 Å². The fraction of sp³-hybridized carbons (Fsp3) is 0.286. The molecule has 1 aromatic heterocycles. The molecule has 0 fully saturated rings. The van der Waals surface area contributed by atoms with Crippen LogP contribution in [0.2, 0.25) is 0 Å². The van der Waals surface area contributed by atoms with Crippen molar-refractivity contribution in [2.75, 3.05) is 10.8 Å². The zero-order chi connectivity index (χ0) is 13.9. The van der Waals surface area contributed by atoms with Crippen molar-refractivity contribution in [3.8, 4) is 0 Å². The number of rotatable bonds is 5. The molecule has 102 valence electrons. The molecule has 0 bridgehead atoms. The maximum Gasteiger partial charge on any atom is 0.273 e. The van der Waals surface area contributed by atoms with Crippen LogP contribution in [0.25, 0.3) is 0 Å². The Kier molecular flexibility index (Phi) is 4.27. The van der Waals surface area contributed by atoms with E-state index in [9.17, 15) is 8.42 Å². The number of benzene rings is 1. The van der Waals surface area contributed by atoms with Crippen molar-refractivity contribution in [1.29, 1.82) is 0 Å². The van der Waals surface area contributed by atoms with Crippen LogP contribution in [-0.2, 0) is 16.4 Å². The van der Waals surface area contributed by atoms with Crippen molar-refractivity contribution >= 4 is 27.0 Å². The van der Waals surface area contributed by atoms with Crippen LogP contribution in [0.4, 0.5) is 5.69 Å². The summed E-state index contributed by atoms with van der Waals surface area (Å²) in [4.78, 5) is 1.09. The Morgan fingerprint density at radius 2 is 1.74 bits per heavy atom. The van der Waals surface area contributed by atoms with E-state index in [2.05, 4.69) is 0 Å². The largest absolute Gasteiger partial charge is 0.273 e. The van der Waals surface area contributed by atoms with Crippen LogP contribution in [0, 0.1) is 0 Å². The van der Waals surface area contributed by atoms with Gasteiger partial charge in [-0.15, -0.1) is 11.3 Å². The van der Waals surface area contributed by atoms with Gasteiger partial charge in [-0.25, -0.2) is 8.42 Å². The molecule has 2 rings (SSSR count). The molecule has 5 heteroatoms. The summed E-state index contributed by atoms with van der Waals surface area (Å²) in [7, 11) is -3.44. The third-order valence-electron chi connectivity index (χ3n) is 2.86. The molecule has 0 radical (unpaired) electrons. The lowest BCUT2D eigenvalue weighted by Gasteiger charge is -2.21. The van der Waals surface area contributed by atoms with Crippen LogP contribution in [0.5, 0.6) is 0 Å². The Morgan fingerprint density at radius 3 is 2.26 bits per heavy atom. The summed E-state index contributed by atoms with van der Waals surface area (Å²) in [5.74, 6) is 0. The third-order valence-corrected chi connectivity index (χ3v) is 6.46. The van der Waals surface area contributed by atoms with Gasteiger partial charge >= 0.3 is 0 Å². The smallest absolute Gasteiger partial charge is 0.266 e. The number of para-hydroxylation sites is 1. The summed E-state index contributed by atoms with van der Waals surface area (Å²) in [6, 6.07) is 12.8. The minimum absolute atomic E-state index is 0.412. The van der Waals surface area contributed by atoms with E-state index in [4.69, 9.17) is 0 Å². The van der Waals surface area contributed by atoms with E-state index in [-0.39, 0.29) is 0 Å². The van der Waals surface area contributed by atoms with Crippen LogP contribution < -0.4 is 4.31 Å². The summed E-state index contributed by atoms with van der Waals surface area (Å²) < 4.78 is 27.1. The molecule has 0 N–H and O–H groups in total. The second kappa shape index (κ2) is 5.75. The molecular weight excluding hydrogens is 278 g/mol. The first-order valence-corrected chi connectivity index (χ1v) is 8.51. The first-order valence-electron chi connectivity index (χ1n) is 6.26. The lowest BCUT2D eigenvalue weighted by Crippen LogP contribution is -2.30. The standard InChI is InChI=1S/C14H17NO2S2/c1-3-13-10-11-14(18-13)19(16,17)15(4-2)12-8-6-5-7-9-12/h5-11H,3-4H2,1-2H3. The minimum atomic E-state index is -3.44. The average molecular weight is 295 g/mol. The number of sulfonamides is 1. The highest BCUT2D eigenvalue weighted by atomic mass is 32.2. The summed E-state index contributed by atoms with van der Waals surface area (Å²) >= 11 is 1.35. The minimum Gasteiger partial charge on any atom is -0.266 e. The lowest BCUT2D eigenvalue weighted by atomic mass is 10.3. The molecule has 0 aliphatic heterocycles. The fourth-order valence-corrected chi connectivity index (χ4v) is 4.76. The van der Waals surface area contributed by atoms with Gasteiger partial charge < -0.3 is 0 Å². The lowest BCUT2D eigenvalue weighted by molar-refractivity contribution is 0.594. The second-order valence-corrected chi connectivity index (χ2v) is 7.34. The van der Waals surface area contributed by atoms with Gasteiger partial charge in [-0.3, -0.25) is 4.31 Å². The average Bonchev–Trinajstić information content (AvgIpc) is 2.90. The van der Waals surface area contributed by atoms with Gasteiger partial charge in [0.25, 0.3) is 10.0 Å². The van der Waals surface area contributed by atoms with Gasteiger partial charge in [-0.2, -0.15) is 0 Å². The van der Waals surface area contributed by atoms with Crippen LogP contribution in [0.3, 0.4) is 0 Å². The van der Waals surface area contributed by atoms with E-state index < -0.39 is 10.0 Å². The number of thiophene rings is 1. The monoisotopic (exact) mass is 295 g/mol. The summed E-state index contributed by atoms with van der Waals surface area (Å²) in [5.41, 5.74) is 0.705. The Bertz CT molecular complexity index is 632. The predicted octanol–water partition coefficient (Wildman–Crippen LogP) is 3.53. The van der Waals surface area contributed by atoms with Crippen molar-refractivity contribution in [1.82, 2.24) is 0 Å². The molecule has 0 spiro atoms. The van der Waals surface area contributed by atoms with Crippen molar-refractivity contribution in [2.45, 2.75) is 24.5 Å². The molecule has 0 unspecified atom stereocenters. The van der Waals surface area contributed by atoms with Gasteiger partial charge in [0.2, 0.25) is 0 Å². The zero-order valence-electron chi connectivity index (χ0n) is 11.0. The quantitative estimate of drug-likeness (QED) is 0.846. The first-order chi connectivity index (χ1) is 9.09. The van der Waals surface area contributed by atoms with Gasteiger partial charge in [-0.05, 0) is 37.6 Å². The van der Waals surface area contributed by atoms with Crippen molar-refractivity contribution < 1.29 is 8.42 Å². The summed E-state index contributed by atoms with van der Waals surface area (Å²) in [6.07, 6.45) is 0.859. The maximum atomic E-state index is 12.6. The van der Waals surface area contributed by atoms with Gasteiger partial charge in [0.05, 0.1) is 5.69 Å². The Morgan fingerprint density at radius 1 is 1.05 bits per heavy atom. The highest BCUT2D eigenvalue weighted by molar-refractivity contribution is 7.94. The van der Waals surface area contributed by atoms with E-state index in [1.54, 1.807) is 6.07 Å². The fourth-order valence-electron chi connectivity index (χ4n) is 1.88. The van der Waals surface area contributed by atoms with Gasteiger partial charge in [-0.1, -0.05) is 25.1 Å². The van der Waals surface area contributed by atoms with Gasteiger partial charge in [0.1, 0.15) is 4.21 Å². The molecule has 19 heavy (non-hydrogen) atoms. The number of nitrogens with zero attached hydrogens (tertiary/aromatic N) is 1. The van der Waals surface area contributed by atoms with E-state index in [1.165, 1.54) is 15.6 Å². The molecular formula is C14H17NO2S2. The third kappa shape index (κ3) is 2.82. The summed E-state index contributed by atoms with van der Waals surface area (Å²) in [5, 5.41) is 0. The Hall–Kier alpha value is -1.33. The Labute approximate surface area is 118 Å². The van der Waals surface area contributed by atoms with Crippen LogP contribution in [0.15, 0.2) is 46.7 Å².